The molecule has 0 saturated heterocycles. The van der Waals surface area contributed by atoms with E-state index in [1.165, 1.54) is 25.0 Å². The van der Waals surface area contributed by atoms with Gasteiger partial charge in [-0.2, -0.15) is 0 Å². The van der Waals surface area contributed by atoms with E-state index >= 15 is 0 Å². The van der Waals surface area contributed by atoms with Gasteiger partial charge in [0.25, 0.3) is 0 Å². The highest BCUT2D eigenvalue weighted by molar-refractivity contribution is 6.33. The second-order valence-corrected chi connectivity index (χ2v) is 5.85. The summed E-state index contributed by atoms with van der Waals surface area (Å²) in [6.07, 6.45) is 2.49. The first-order valence-electron chi connectivity index (χ1n) is 7.15. The van der Waals surface area contributed by atoms with Crippen LogP contribution in [0.25, 0.3) is 0 Å². The number of nitrogens with zero attached hydrogens (tertiary/aromatic N) is 1. The van der Waals surface area contributed by atoms with Crippen molar-refractivity contribution >= 4 is 23.0 Å². The summed E-state index contributed by atoms with van der Waals surface area (Å²) in [5.74, 6) is -0.246. The first kappa shape index (κ1) is 14.4. The molecule has 2 aromatic carbocycles. The molecule has 110 valence electrons. The predicted molar refractivity (Wildman–Crippen MR) is 85.8 cm³/mol. The number of nitrogens with one attached hydrogen (secondary N) is 1. The van der Waals surface area contributed by atoms with Crippen LogP contribution >= 0.6 is 11.6 Å². The SMILES string of the molecule is CN(c1cccc(F)c1)c1c(Cl)cccc1CNC1CC1. The lowest BCUT2D eigenvalue weighted by Crippen LogP contribution is -2.19. The molecule has 0 spiro atoms. The van der Waals surface area contributed by atoms with Crippen LogP contribution in [0.15, 0.2) is 42.5 Å². The lowest BCUT2D eigenvalue weighted by Gasteiger charge is -2.24. The highest BCUT2D eigenvalue weighted by Gasteiger charge is 2.21. The van der Waals surface area contributed by atoms with Crippen molar-refractivity contribution in [1.82, 2.24) is 5.32 Å². The van der Waals surface area contributed by atoms with Crippen LogP contribution < -0.4 is 10.2 Å². The summed E-state index contributed by atoms with van der Waals surface area (Å²) < 4.78 is 13.4. The van der Waals surface area contributed by atoms with Crippen LogP contribution in [0.3, 0.4) is 0 Å². The summed E-state index contributed by atoms with van der Waals surface area (Å²) in [7, 11) is 1.91. The third kappa shape index (κ3) is 3.36. The summed E-state index contributed by atoms with van der Waals surface area (Å²) >= 11 is 6.38. The van der Waals surface area contributed by atoms with Gasteiger partial charge in [-0.15, -0.1) is 0 Å². The van der Waals surface area contributed by atoms with Crippen molar-refractivity contribution in [3.63, 3.8) is 0 Å². The number of benzene rings is 2. The molecule has 0 bridgehead atoms. The largest absolute Gasteiger partial charge is 0.343 e. The van der Waals surface area contributed by atoms with Crippen molar-refractivity contribution in [1.29, 1.82) is 0 Å². The van der Waals surface area contributed by atoms with Crippen LogP contribution in [0, 0.1) is 5.82 Å². The number of hydrogen-bond donors (Lipinski definition) is 1. The highest BCUT2D eigenvalue weighted by Crippen LogP contribution is 2.34. The Bertz CT molecular complexity index is 640. The zero-order chi connectivity index (χ0) is 14.8. The van der Waals surface area contributed by atoms with Gasteiger partial charge in [0.15, 0.2) is 0 Å². The van der Waals surface area contributed by atoms with E-state index in [4.69, 9.17) is 11.6 Å². The predicted octanol–water partition coefficient (Wildman–Crippen LogP) is 4.50. The van der Waals surface area contributed by atoms with Crippen LogP contribution in [0.2, 0.25) is 5.02 Å². The molecule has 4 heteroatoms. The van der Waals surface area contributed by atoms with Gasteiger partial charge in [-0.25, -0.2) is 4.39 Å². The molecule has 0 heterocycles. The molecule has 2 aromatic rings. The van der Waals surface area contributed by atoms with Crippen LogP contribution in [-0.4, -0.2) is 13.1 Å². The van der Waals surface area contributed by atoms with Crippen LogP contribution in [-0.2, 0) is 6.54 Å². The molecule has 2 nitrogen and oxygen atoms in total. The van der Waals surface area contributed by atoms with Gasteiger partial charge < -0.3 is 10.2 Å². The average molecular weight is 305 g/mol. The van der Waals surface area contributed by atoms with Gasteiger partial charge >= 0.3 is 0 Å². The lowest BCUT2D eigenvalue weighted by molar-refractivity contribution is 0.628. The Morgan fingerprint density at radius 1 is 1.24 bits per heavy atom. The Labute approximate surface area is 129 Å². The molecule has 1 fully saturated rings. The van der Waals surface area contributed by atoms with Crippen LogP contribution in [0.4, 0.5) is 15.8 Å². The van der Waals surface area contributed by atoms with E-state index in [-0.39, 0.29) is 5.82 Å². The molecule has 3 rings (SSSR count). The van der Waals surface area contributed by atoms with Gasteiger partial charge in [-0.05, 0) is 42.7 Å². The molecule has 0 amide bonds. The quantitative estimate of drug-likeness (QED) is 0.875. The van der Waals surface area contributed by atoms with E-state index in [0.717, 1.165) is 23.5 Å². The van der Waals surface area contributed by atoms with Gasteiger partial charge in [0.05, 0.1) is 10.7 Å². The van der Waals surface area contributed by atoms with Crippen LogP contribution in [0.5, 0.6) is 0 Å². The van der Waals surface area contributed by atoms with E-state index in [0.29, 0.717) is 11.1 Å². The molecular formula is C17H18ClFN2. The normalized spacial score (nSPS) is 14.2. The second-order valence-electron chi connectivity index (χ2n) is 5.44. The van der Waals surface area contributed by atoms with Crippen molar-refractivity contribution in [3.05, 3.63) is 58.9 Å². The van der Waals surface area contributed by atoms with Crippen molar-refractivity contribution in [2.24, 2.45) is 0 Å². The minimum absolute atomic E-state index is 0.246. The molecule has 1 N–H and O–H groups in total. The molecule has 1 aliphatic rings. The third-order valence-electron chi connectivity index (χ3n) is 3.76. The number of halogens is 2. The first-order valence-corrected chi connectivity index (χ1v) is 7.53. The second kappa shape index (κ2) is 6.04. The molecule has 21 heavy (non-hydrogen) atoms. The van der Waals surface area contributed by atoms with Gasteiger partial charge in [0, 0.05) is 25.3 Å². The summed E-state index contributed by atoms with van der Waals surface area (Å²) in [6, 6.07) is 13.1. The van der Waals surface area contributed by atoms with Crippen molar-refractivity contribution < 1.29 is 4.39 Å². The van der Waals surface area contributed by atoms with Crippen molar-refractivity contribution in [2.45, 2.75) is 25.4 Å². The summed E-state index contributed by atoms with van der Waals surface area (Å²) in [5, 5.41) is 4.18. The molecule has 0 aromatic heterocycles. The fraction of sp³-hybridized carbons (Fsp3) is 0.294. The number of hydrogen-bond acceptors (Lipinski definition) is 2. The fourth-order valence-electron chi connectivity index (χ4n) is 2.43. The minimum atomic E-state index is -0.246. The van der Waals surface area contributed by atoms with E-state index in [2.05, 4.69) is 11.4 Å². The smallest absolute Gasteiger partial charge is 0.125 e. The summed E-state index contributed by atoms with van der Waals surface area (Å²) in [4.78, 5) is 1.94. The van der Waals surface area contributed by atoms with E-state index in [9.17, 15) is 4.39 Å². The van der Waals surface area contributed by atoms with Crippen LogP contribution in [0.1, 0.15) is 18.4 Å². The Kier molecular flexibility index (Phi) is 4.13. The number of para-hydroxylation sites is 1. The Balaban J connectivity index is 1.91. The van der Waals surface area contributed by atoms with Crippen molar-refractivity contribution in [3.8, 4) is 0 Å². The van der Waals surface area contributed by atoms with Gasteiger partial charge in [-0.3, -0.25) is 0 Å². The molecule has 0 aliphatic heterocycles. The maximum Gasteiger partial charge on any atom is 0.125 e. The molecule has 1 saturated carbocycles. The third-order valence-corrected chi connectivity index (χ3v) is 4.06. The Morgan fingerprint density at radius 3 is 2.71 bits per heavy atom. The van der Waals surface area contributed by atoms with Crippen molar-refractivity contribution in [2.75, 3.05) is 11.9 Å². The number of anilines is 2. The topological polar surface area (TPSA) is 15.3 Å². The fourth-order valence-corrected chi connectivity index (χ4v) is 2.75. The maximum absolute atomic E-state index is 13.4. The standard InChI is InChI=1S/C17H18ClFN2/c1-21(15-6-3-5-13(19)10-15)17-12(4-2-7-16(17)18)11-20-14-8-9-14/h2-7,10,14,20H,8-9,11H2,1H3. The van der Waals surface area contributed by atoms with E-state index in [1.807, 2.05) is 30.1 Å². The minimum Gasteiger partial charge on any atom is -0.343 e. The van der Waals surface area contributed by atoms with Gasteiger partial charge in [0.1, 0.15) is 5.82 Å². The zero-order valence-corrected chi connectivity index (χ0v) is 12.7. The van der Waals surface area contributed by atoms with Gasteiger partial charge in [-0.1, -0.05) is 29.8 Å². The molecule has 0 radical (unpaired) electrons. The zero-order valence-electron chi connectivity index (χ0n) is 11.9. The summed E-state index contributed by atoms with van der Waals surface area (Å²) in [6.45, 7) is 0.778. The summed E-state index contributed by atoms with van der Waals surface area (Å²) in [5.41, 5.74) is 2.84. The van der Waals surface area contributed by atoms with Gasteiger partial charge in [0.2, 0.25) is 0 Å². The Morgan fingerprint density at radius 2 is 2.00 bits per heavy atom. The first-order chi connectivity index (χ1) is 10.1. The average Bonchev–Trinajstić information content (AvgIpc) is 3.29. The molecule has 0 unspecified atom stereocenters. The number of rotatable bonds is 5. The van der Waals surface area contributed by atoms with E-state index < -0.39 is 0 Å². The molecule has 1 aliphatic carbocycles. The molecular weight excluding hydrogens is 287 g/mol. The molecule has 0 atom stereocenters. The highest BCUT2D eigenvalue weighted by atomic mass is 35.5. The Hall–Kier alpha value is -1.58. The maximum atomic E-state index is 13.4. The monoisotopic (exact) mass is 304 g/mol. The lowest BCUT2D eigenvalue weighted by atomic mass is 10.1. The van der Waals surface area contributed by atoms with E-state index in [1.54, 1.807) is 6.07 Å².